The van der Waals surface area contributed by atoms with Gasteiger partial charge in [0.05, 0.1) is 10.5 Å². The van der Waals surface area contributed by atoms with Gasteiger partial charge in [0.25, 0.3) is 5.69 Å². The van der Waals surface area contributed by atoms with Crippen LogP contribution in [0, 0.1) is 10.1 Å². The maximum atomic E-state index is 11.1. The highest BCUT2D eigenvalue weighted by atomic mass is 16.6. The number of fused-ring (bicyclic) bond motifs is 1. The van der Waals surface area contributed by atoms with E-state index in [1.165, 1.54) is 12.1 Å². The van der Waals surface area contributed by atoms with E-state index in [0.717, 1.165) is 17.5 Å². The molecular formula is C11H12N2O3. The molecule has 0 spiro atoms. The molecule has 1 atom stereocenters. The van der Waals surface area contributed by atoms with E-state index in [1.54, 1.807) is 18.0 Å². The molecule has 0 radical (unpaired) electrons. The first-order chi connectivity index (χ1) is 7.48. The minimum absolute atomic E-state index is 0.0562. The molecule has 0 amide bonds. The molecule has 5 nitrogen and oxygen atoms in total. The Morgan fingerprint density at radius 1 is 1.56 bits per heavy atom. The number of hydrogen-bond acceptors (Lipinski definition) is 4. The Balaban J connectivity index is 2.49. The smallest absolute Gasteiger partial charge is 0.271 e. The first-order valence-electron chi connectivity index (χ1n) is 4.95. The second-order valence-corrected chi connectivity index (χ2v) is 4.28. The number of non-ortho nitro benzene ring substituents is 1. The van der Waals surface area contributed by atoms with Gasteiger partial charge in [-0.2, -0.15) is 0 Å². The maximum absolute atomic E-state index is 11.1. The van der Waals surface area contributed by atoms with Crippen LogP contribution in [-0.2, 0) is 11.2 Å². The van der Waals surface area contributed by atoms with Crippen LogP contribution in [0.3, 0.4) is 0 Å². The number of nitrogens with zero attached hydrogens (tertiary/aromatic N) is 2. The third kappa shape index (κ3) is 1.36. The number of nitro benzene ring substituents is 1. The molecule has 0 bridgehead atoms. The van der Waals surface area contributed by atoms with E-state index in [4.69, 9.17) is 0 Å². The summed E-state index contributed by atoms with van der Waals surface area (Å²) in [5.41, 5.74) is 1.21. The number of hydrogen-bond donors (Lipinski definition) is 0. The van der Waals surface area contributed by atoms with E-state index < -0.39 is 10.5 Å². The fraction of sp³-hybridized carbons (Fsp3) is 0.364. The van der Waals surface area contributed by atoms with E-state index in [2.05, 4.69) is 0 Å². The molecule has 0 saturated heterocycles. The second kappa shape index (κ2) is 3.30. The van der Waals surface area contributed by atoms with Crippen molar-refractivity contribution >= 4 is 17.7 Å². The lowest BCUT2D eigenvalue weighted by atomic mass is 9.99. The molecule has 16 heavy (non-hydrogen) atoms. The zero-order chi connectivity index (χ0) is 11.9. The van der Waals surface area contributed by atoms with Crippen LogP contribution in [0.5, 0.6) is 0 Å². The summed E-state index contributed by atoms with van der Waals surface area (Å²) >= 11 is 0. The first kappa shape index (κ1) is 10.6. The van der Waals surface area contributed by atoms with Crippen LogP contribution >= 0.6 is 0 Å². The average Bonchev–Trinajstić information content (AvgIpc) is 2.52. The predicted octanol–water partition coefficient (Wildman–Crippen LogP) is 1.54. The maximum Gasteiger partial charge on any atom is 0.271 e. The number of aldehydes is 1. The molecule has 1 unspecified atom stereocenters. The summed E-state index contributed by atoms with van der Waals surface area (Å²) in [6.07, 6.45) is 1.49. The summed E-state index contributed by atoms with van der Waals surface area (Å²) in [7, 11) is 1.78. The van der Waals surface area contributed by atoms with Crippen molar-refractivity contribution in [1.29, 1.82) is 0 Å². The highest BCUT2D eigenvalue weighted by molar-refractivity contribution is 5.78. The van der Waals surface area contributed by atoms with E-state index in [-0.39, 0.29) is 5.69 Å². The molecule has 84 valence electrons. The van der Waals surface area contributed by atoms with Crippen molar-refractivity contribution in [2.75, 3.05) is 11.9 Å². The molecule has 0 aromatic heterocycles. The molecule has 1 aromatic rings. The zero-order valence-corrected chi connectivity index (χ0v) is 9.14. The Morgan fingerprint density at radius 2 is 2.25 bits per heavy atom. The number of carbonyl (C=O) groups excluding carboxylic acids is 1. The highest BCUT2D eigenvalue weighted by Crippen LogP contribution is 2.38. The Hall–Kier alpha value is -1.91. The fourth-order valence-corrected chi connectivity index (χ4v) is 2.03. The van der Waals surface area contributed by atoms with Crippen molar-refractivity contribution in [2.24, 2.45) is 0 Å². The Bertz CT molecular complexity index is 472. The molecule has 1 aromatic carbocycles. The van der Waals surface area contributed by atoms with Crippen LogP contribution in [0.2, 0.25) is 0 Å². The molecule has 0 aliphatic carbocycles. The van der Waals surface area contributed by atoms with Crippen molar-refractivity contribution in [1.82, 2.24) is 0 Å². The van der Waals surface area contributed by atoms with E-state index >= 15 is 0 Å². The van der Waals surface area contributed by atoms with Gasteiger partial charge < -0.3 is 9.69 Å². The van der Waals surface area contributed by atoms with Crippen molar-refractivity contribution in [3.8, 4) is 0 Å². The number of rotatable bonds is 2. The Kier molecular flexibility index (Phi) is 2.18. The van der Waals surface area contributed by atoms with Crippen LogP contribution in [0.15, 0.2) is 18.2 Å². The summed E-state index contributed by atoms with van der Waals surface area (Å²) in [4.78, 5) is 23.1. The standard InChI is InChI=1S/C11H12N2O3/c1-11(7-14)6-8-3-4-9(13(15)16)5-10(8)12(11)2/h3-5,7H,6H2,1-2H3. The van der Waals surface area contributed by atoms with E-state index in [9.17, 15) is 14.9 Å². The number of nitro groups is 1. The Morgan fingerprint density at radius 3 is 2.81 bits per heavy atom. The molecule has 2 rings (SSSR count). The molecule has 1 aliphatic rings. The summed E-state index contributed by atoms with van der Waals surface area (Å²) in [6.45, 7) is 1.83. The van der Waals surface area contributed by atoms with Crippen molar-refractivity contribution < 1.29 is 9.72 Å². The van der Waals surface area contributed by atoms with Gasteiger partial charge in [-0.05, 0) is 12.5 Å². The topological polar surface area (TPSA) is 63.4 Å². The van der Waals surface area contributed by atoms with Crippen LogP contribution in [0.1, 0.15) is 12.5 Å². The SMILES string of the molecule is CN1c2cc([N+](=O)[O-])ccc2CC1(C)C=O. The monoisotopic (exact) mass is 220 g/mol. The van der Waals surface area contributed by atoms with Gasteiger partial charge in [0, 0.05) is 31.3 Å². The fourth-order valence-electron chi connectivity index (χ4n) is 2.03. The molecule has 1 aliphatic heterocycles. The van der Waals surface area contributed by atoms with Gasteiger partial charge in [-0.1, -0.05) is 6.07 Å². The van der Waals surface area contributed by atoms with Gasteiger partial charge in [0.15, 0.2) is 0 Å². The van der Waals surface area contributed by atoms with Gasteiger partial charge in [-0.3, -0.25) is 10.1 Å². The largest absolute Gasteiger partial charge is 0.362 e. The molecular weight excluding hydrogens is 208 g/mol. The van der Waals surface area contributed by atoms with Gasteiger partial charge in [-0.15, -0.1) is 0 Å². The molecule has 1 heterocycles. The zero-order valence-electron chi connectivity index (χ0n) is 9.14. The van der Waals surface area contributed by atoms with Gasteiger partial charge in [0.2, 0.25) is 0 Å². The first-order valence-corrected chi connectivity index (χ1v) is 4.95. The van der Waals surface area contributed by atoms with Crippen molar-refractivity contribution in [3.05, 3.63) is 33.9 Å². The number of carbonyl (C=O) groups is 1. The summed E-state index contributed by atoms with van der Waals surface area (Å²) in [6, 6.07) is 4.71. The molecule has 5 heteroatoms. The highest BCUT2D eigenvalue weighted by Gasteiger charge is 2.38. The quantitative estimate of drug-likeness (QED) is 0.431. The van der Waals surface area contributed by atoms with Crippen LogP contribution in [0.25, 0.3) is 0 Å². The number of benzene rings is 1. The third-order valence-corrected chi connectivity index (χ3v) is 3.21. The van der Waals surface area contributed by atoms with Gasteiger partial charge >= 0.3 is 0 Å². The van der Waals surface area contributed by atoms with Crippen LogP contribution < -0.4 is 4.90 Å². The van der Waals surface area contributed by atoms with Crippen molar-refractivity contribution in [3.63, 3.8) is 0 Å². The summed E-state index contributed by atoms with van der Waals surface area (Å²) in [5, 5.41) is 10.7. The second-order valence-electron chi connectivity index (χ2n) is 4.28. The minimum atomic E-state index is -0.586. The lowest BCUT2D eigenvalue weighted by Crippen LogP contribution is -2.42. The minimum Gasteiger partial charge on any atom is -0.362 e. The van der Waals surface area contributed by atoms with Crippen LogP contribution in [0.4, 0.5) is 11.4 Å². The van der Waals surface area contributed by atoms with Crippen molar-refractivity contribution in [2.45, 2.75) is 18.9 Å². The van der Waals surface area contributed by atoms with Gasteiger partial charge in [-0.25, -0.2) is 0 Å². The average molecular weight is 220 g/mol. The van der Waals surface area contributed by atoms with Crippen LogP contribution in [-0.4, -0.2) is 23.8 Å². The summed E-state index contributed by atoms with van der Waals surface area (Å²) < 4.78 is 0. The predicted molar refractivity (Wildman–Crippen MR) is 59.7 cm³/mol. The number of likely N-dealkylation sites (N-methyl/N-ethyl adjacent to an activating group) is 1. The lowest BCUT2D eigenvalue weighted by molar-refractivity contribution is -0.384. The lowest BCUT2D eigenvalue weighted by Gasteiger charge is -2.28. The van der Waals surface area contributed by atoms with E-state index in [0.29, 0.717) is 6.42 Å². The normalized spacial score (nSPS) is 23.0. The van der Waals surface area contributed by atoms with E-state index in [1.807, 2.05) is 6.92 Å². The number of anilines is 1. The molecule has 0 saturated carbocycles. The molecule has 0 fully saturated rings. The summed E-state index contributed by atoms with van der Waals surface area (Å²) in [5.74, 6) is 0. The Labute approximate surface area is 92.8 Å². The third-order valence-electron chi connectivity index (χ3n) is 3.21. The van der Waals surface area contributed by atoms with Gasteiger partial charge in [0.1, 0.15) is 6.29 Å². The molecule has 0 N–H and O–H groups in total.